The van der Waals surface area contributed by atoms with Gasteiger partial charge in [0.15, 0.2) is 0 Å². The van der Waals surface area contributed by atoms with Gasteiger partial charge in [0.25, 0.3) is 5.91 Å². The van der Waals surface area contributed by atoms with Crippen molar-refractivity contribution in [2.24, 2.45) is 0 Å². The first-order valence-electron chi connectivity index (χ1n) is 10.2. The third-order valence-electron chi connectivity index (χ3n) is 5.00. The number of nitrogens with zero attached hydrogens (tertiary/aromatic N) is 1. The van der Waals surface area contributed by atoms with Crippen LogP contribution in [0, 0.1) is 18.5 Å². The molecule has 4 aromatic rings. The third-order valence-corrected chi connectivity index (χ3v) is 6.85. The lowest BCUT2D eigenvalue weighted by molar-refractivity contribution is -0.112. The molecule has 4 rings (SSSR count). The summed E-state index contributed by atoms with van der Waals surface area (Å²) in [6, 6.07) is 27.0. The second-order valence-electron chi connectivity index (χ2n) is 7.41. The van der Waals surface area contributed by atoms with E-state index in [2.05, 4.69) is 80.8 Å². The number of hydrogen-bond acceptors (Lipinski definition) is 3. The van der Waals surface area contributed by atoms with Crippen molar-refractivity contribution in [3.8, 4) is 11.8 Å². The van der Waals surface area contributed by atoms with Crippen LogP contribution in [-0.2, 0) is 11.4 Å². The number of nitrogens with one attached hydrogen (secondary N) is 1. The van der Waals surface area contributed by atoms with Gasteiger partial charge in [-0.1, -0.05) is 48.0 Å². The molecule has 0 fully saturated rings. The summed E-state index contributed by atoms with van der Waals surface area (Å²) in [5.41, 5.74) is 2.40. The van der Waals surface area contributed by atoms with Gasteiger partial charge in [-0.15, -0.1) is 0 Å². The number of hydrogen-bond donors (Lipinski definition) is 1. The van der Waals surface area contributed by atoms with Crippen molar-refractivity contribution in [3.05, 3.63) is 108 Å². The van der Waals surface area contributed by atoms with Crippen molar-refractivity contribution < 1.29 is 9.53 Å². The summed E-state index contributed by atoms with van der Waals surface area (Å²) in [5, 5.41) is 15.2. The van der Waals surface area contributed by atoms with E-state index < -0.39 is 5.91 Å². The number of nitriles is 1. The lowest BCUT2D eigenvalue weighted by Gasteiger charge is -2.12. The summed E-state index contributed by atoms with van der Waals surface area (Å²) in [6.45, 7) is 0.443. The minimum atomic E-state index is -0.480. The van der Waals surface area contributed by atoms with E-state index >= 15 is 0 Å². The number of fused-ring (bicyclic) bond motifs is 1. The molecule has 4 aromatic carbocycles. The van der Waals surface area contributed by atoms with Crippen molar-refractivity contribution in [1.82, 2.24) is 0 Å². The summed E-state index contributed by atoms with van der Waals surface area (Å²) in [4.78, 5) is 12.6. The predicted octanol–water partition coefficient (Wildman–Crippen LogP) is 7.83. The Morgan fingerprint density at radius 1 is 0.971 bits per heavy atom. The van der Waals surface area contributed by atoms with E-state index in [9.17, 15) is 10.1 Å². The highest BCUT2D eigenvalue weighted by Crippen LogP contribution is 2.31. The second kappa shape index (κ2) is 11.2. The Morgan fingerprint density at radius 2 is 1.65 bits per heavy atom. The van der Waals surface area contributed by atoms with Crippen LogP contribution in [0.5, 0.6) is 5.75 Å². The summed E-state index contributed by atoms with van der Waals surface area (Å²) in [7, 11) is 0. The number of carbonyl (C=O) groups excluding carboxylic acids is 1. The average molecular weight is 691 g/mol. The highest BCUT2D eigenvalue weighted by atomic mass is 127. The van der Waals surface area contributed by atoms with E-state index in [1.54, 1.807) is 30.3 Å². The van der Waals surface area contributed by atoms with Crippen LogP contribution in [0.15, 0.2) is 84.4 Å². The van der Waals surface area contributed by atoms with Gasteiger partial charge in [0.2, 0.25) is 0 Å². The van der Waals surface area contributed by atoms with Gasteiger partial charge >= 0.3 is 0 Å². The Kier molecular flexibility index (Phi) is 8.08. The van der Waals surface area contributed by atoms with Crippen LogP contribution in [0.2, 0.25) is 5.02 Å². The maximum Gasteiger partial charge on any atom is 0.266 e. The number of rotatable bonds is 6. The van der Waals surface area contributed by atoms with Crippen LogP contribution in [0.25, 0.3) is 16.8 Å². The smallest absolute Gasteiger partial charge is 0.266 e. The van der Waals surface area contributed by atoms with Crippen molar-refractivity contribution in [2.45, 2.75) is 6.61 Å². The van der Waals surface area contributed by atoms with Crippen LogP contribution >= 0.6 is 56.8 Å². The summed E-state index contributed by atoms with van der Waals surface area (Å²) >= 11 is 10.3. The number of anilines is 1. The number of amides is 1. The molecule has 0 radical (unpaired) electrons. The van der Waals surface area contributed by atoms with E-state index in [-0.39, 0.29) is 5.57 Å². The van der Waals surface area contributed by atoms with Gasteiger partial charge in [-0.05, 0) is 116 Å². The number of benzene rings is 4. The fourth-order valence-corrected chi connectivity index (χ4v) is 5.59. The largest absolute Gasteiger partial charge is 0.487 e. The maximum atomic E-state index is 12.6. The van der Waals surface area contributed by atoms with Crippen LogP contribution < -0.4 is 10.1 Å². The van der Waals surface area contributed by atoms with Crippen molar-refractivity contribution in [2.75, 3.05) is 5.32 Å². The highest BCUT2D eigenvalue weighted by Gasteiger charge is 2.13. The second-order valence-corrected chi connectivity index (χ2v) is 10.2. The summed E-state index contributed by atoms with van der Waals surface area (Å²) in [5.74, 6) is 0.294. The summed E-state index contributed by atoms with van der Waals surface area (Å²) < 4.78 is 7.92. The number of halogens is 3. The first-order chi connectivity index (χ1) is 16.4. The first kappa shape index (κ1) is 24.5. The molecule has 0 bridgehead atoms. The van der Waals surface area contributed by atoms with Crippen LogP contribution in [0.4, 0.5) is 5.69 Å². The molecular weight excluding hydrogens is 674 g/mol. The van der Waals surface area contributed by atoms with Crippen LogP contribution in [0.1, 0.15) is 11.1 Å². The van der Waals surface area contributed by atoms with Crippen molar-refractivity contribution in [1.29, 1.82) is 5.26 Å². The van der Waals surface area contributed by atoms with Gasteiger partial charge in [-0.25, -0.2) is 0 Å². The van der Waals surface area contributed by atoms with E-state index in [1.807, 2.05) is 30.3 Å². The molecule has 34 heavy (non-hydrogen) atoms. The fraction of sp³-hybridized carbons (Fsp3) is 0.0370. The minimum absolute atomic E-state index is 0.00591. The average Bonchev–Trinajstić information content (AvgIpc) is 2.83. The Bertz CT molecular complexity index is 1420. The van der Waals surface area contributed by atoms with Crippen molar-refractivity contribution >= 4 is 85.2 Å². The quantitative estimate of drug-likeness (QED) is 0.128. The molecule has 0 aromatic heterocycles. The highest BCUT2D eigenvalue weighted by molar-refractivity contribution is 14.1. The molecule has 4 nitrogen and oxygen atoms in total. The molecule has 0 atom stereocenters. The Labute approximate surface area is 229 Å². The van der Waals surface area contributed by atoms with E-state index in [1.165, 1.54) is 10.8 Å². The fourth-order valence-electron chi connectivity index (χ4n) is 3.33. The molecule has 0 aliphatic carbocycles. The number of ether oxygens (including phenoxy) is 1. The van der Waals surface area contributed by atoms with Gasteiger partial charge in [0.1, 0.15) is 24.0 Å². The van der Waals surface area contributed by atoms with E-state index in [0.29, 0.717) is 17.3 Å². The third kappa shape index (κ3) is 6.09. The van der Waals surface area contributed by atoms with Gasteiger partial charge < -0.3 is 10.1 Å². The number of carbonyl (C=O) groups is 1. The molecule has 0 spiro atoms. The zero-order valence-electron chi connectivity index (χ0n) is 17.7. The summed E-state index contributed by atoms with van der Waals surface area (Å²) in [6.07, 6.45) is 1.57. The molecular formula is C27H17ClI2N2O2. The molecule has 0 saturated heterocycles. The zero-order chi connectivity index (χ0) is 24.1. The Hall–Kier alpha value is -2.61. The molecule has 7 heteroatoms. The van der Waals surface area contributed by atoms with E-state index in [4.69, 9.17) is 16.3 Å². The minimum Gasteiger partial charge on any atom is -0.487 e. The Morgan fingerprint density at radius 3 is 2.32 bits per heavy atom. The SMILES string of the molecule is N#C/C(=C/c1cc(I)c(OCc2ccc3ccccc3c2)c(I)c1)C(=O)Nc1ccc(Cl)cc1. The van der Waals surface area contributed by atoms with E-state index in [0.717, 1.165) is 24.0 Å². The zero-order valence-corrected chi connectivity index (χ0v) is 22.8. The molecule has 1 N–H and O–H groups in total. The van der Waals surface area contributed by atoms with Crippen molar-refractivity contribution in [3.63, 3.8) is 0 Å². The molecule has 0 unspecified atom stereocenters. The molecule has 0 heterocycles. The van der Waals surface area contributed by atoms with Crippen LogP contribution in [-0.4, -0.2) is 5.91 Å². The lowest BCUT2D eigenvalue weighted by atomic mass is 10.1. The van der Waals surface area contributed by atoms with Gasteiger partial charge in [-0.2, -0.15) is 5.26 Å². The van der Waals surface area contributed by atoms with Gasteiger partial charge in [-0.3, -0.25) is 4.79 Å². The first-order valence-corrected chi connectivity index (χ1v) is 12.7. The molecule has 1 amide bonds. The van der Waals surface area contributed by atoms with Gasteiger partial charge in [0.05, 0.1) is 7.14 Å². The van der Waals surface area contributed by atoms with Gasteiger partial charge in [0, 0.05) is 10.7 Å². The molecule has 0 saturated carbocycles. The van der Waals surface area contributed by atoms with Crippen LogP contribution in [0.3, 0.4) is 0 Å². The topological polar surface area (TPSA) is 62.1 Å². The monoisotopic (exact) mass is 690 g/mol. The molecule has 0 aliphatic rings. The Balaban J connectivity index is 1.50. The normalized spacial score (nSPS) is 11.2. The lowest BCUT2D eigenvalue weighted by Crippen LogP contribution is -2.13. The molecule has 0 aliphatic heterocycles. The predicted molar refractivity (Wildman–Crippen MR) is 154 cm³/mol. The maximum absolute atomic E-state index is 12.6. The molecule has 168 valence electrons. The standard InChI is InChI=1S/C27H17ClI2N2O2/c28-22-7-9-23(10-8-22)32-27(33)21(15-31)12-18-13-24(29)26(25(30)14-18)34-16-17-5-6-19-3-1-2-4-20(19)11-17/h1-14H,16H2,(H,32,33)/b21-12-.